The van der Waals surface area contributed by atoms with Crippen molar-refractivity contribution in [1.82, 2.24) is 30.0 Å². The molecule has 1 unspecified atom stereocenters. The molecule has 13 heteroatoms. The Morgan fingerprint density at radius 1 is 1.18 bits per heavy atom. The number of aromatic nitrogens is 5. The molecule has 0 spiro atoms. The van der Waals surface area contributed by atoms with Crippen LogP contribution in [0.4, 0.5) is 22.2 Å². The lowest BCUT2D eigenvalue weighted by molar-refractivity contribution is 0.0331. The summed E-state index contributed by atoms with van der Waals surface area (Å²) in [6.45, 7) is 0. The molecule has 2 atom stereocenters. The SMILES string of the molecule is NC(=O)c1cnc(NN(C(=O)O)C2CCCC[C@@H]2O)nc1Nc1cccc(-n2nccn2)c1. The minimum Gasteiger partial charge on any atom is -0.464 e. The lowest BCUT2D eigenvalue weighted by Crippen LogP contribution is -2.51. The van der Waals surface area contributed by atoms with Crippen molar-refractivity contribution in [2.75, 3.05) is 10.7 Å². The van der Waals surface area contributed by atoms with Crippen molar-refractivity contribution in [3.05, 3.63) is 48.4 Å². The zero-order valence-electron chi connectivity index (χ0n) is 17.5. The quantitative estimate of drug-likeness (QED) is 0.328. The van der Waals surface area contributed by atoms with Crippen molar-refractivity contribution in [2.24, 2.45) is 5.73 Å². The Labute approximate surface area is 188 Å². The van der Waals surface area contributed by atoms with Gasteiger partial charge < -0.3 is 21.3 Å². The fraction of sp³-hybridized carbons (Fsp3) is 0.300. The van der Waals surface area contributed by atoms with E-state index in [1.54, 1.807) is 36.7 Å². The van der Waals surface area contributed by atoms with Crippen molar-refractivity contribution in [2.45, 2.75) is 37.8 Å². The first-order valence-corrected chi connectivity index (χ1v) is 10.3. The number of hydrogen-bond acceptors (Lipinski definition) is 9. The van der Waals surface area contributed by atoms with E-state index in [1.807, 2.05) is 0 Å². The number of carbonyl (C=O) groups is 2. The smallest absolute Gasteiger partial charge is 0.426 e. The third-order valence-corrected chi connectivity index (χ3v) is 5.26. The minimum atomic E-state index is -1.28. The number of nitrogens with one attached hydrogen (secondary N) is 2. The van der Waals surface area contributed by atoms with Gasteiger partial charge in [0, 0.05) is 11.9 Å². The van der Waals surface area contributed by atoms with E-state index in [4.69, 9.17) is 5.73 Å². The summed E-state index contributed by atoms with van der Waals surface area (Å²) in [5.41, 5.74) is 9.36. The Balaban J connectivity index is 1.61. The molecule has 172 valence electrons. The molecule has 3 aromatic rings. The second-order valence-electron chi connectivity index (χ2n) is 7.50. The van der Waals surface area contributed by atoms with E-state index in [0.29, 0.717) is 24.2 Å². The van der Waals surface area contributed by atoms with E-state index < -0.39 is 24.1 Å². The van der Waals surface area contributed by atoms with Gasteiger partial charge in [-0.1, -0.05) is 18.9 Å². The Morgan fingerprint density at radius 3 is 2.64 bits per heavy atom. The van der Waals surface area contributed by atoms with Crippen molar-refractivity contribution >= 4 is 29.5 Å². The zero-order chi connectivity index (χ0) is 23.4. The van der Waals surface area contributed by atoms with Gasteiger partial charge in [0.25, 0.3) is 5.91 Å². The van der Waals surface area contributed by atoms with Crippen LogP contribution in [0.25, 0.3) is 5.69 Å². The number of carboxylic acid groups (broad SMARTS) is 1. The highest BCUT2D eigenvalue weighted by Gasteiger charge is 2.33. The molecule has 0 aliphatic heterocycles. The number of anilines is 3. The molecule has 0 bridgehead atoms. The van der Waals surface area contributed by atoms with Crippen LogP contribution in [-0.4, -0.2) is 64.3 Å². The number of nitrogens with two attached hydrogens (primary N) is 1. The van der Waals surface area contributed by atoms with E-state index in [-0.39, 0.29) is 17.3 Å². The molecule has 2 heterocycles. The second-order valence-corrected chi connectivity index (χ2v) is 7.50. The summed E-state index contributed by atoms with van der Waals surface area (Å²) in [4.78, 5) is 33.5. The average Bonchev–Trinajstić information content (AvgIpc) is 3.33. The highest BCUT2D eigenvalue weighted by Crippen LogP contribution is 2.25. The first-order valence-electron chi connectivity index (χ1n) is 10.3. The number of benzene rings is 1. The first-order chi connectivity index (χ1) is 15.9. The molecule has 1 aliphatic rings. The van der Waals surface area contributed by atoms with E-state index in [1.165, 1.54) is 11.0 Å². The van der Waals surface area contributed by atoms with Gasteiger partial charge in [0.15, 0.2) is 0 Å². The van der Waals surface area contributed by atoms with E-state index in [9.17, 15) is 19.8 Å². The maximum atomic E-state index is 11.9. The van der Waals surface area contributed by atoms with E-state index in [0.717, 1.165) is 17.9 Å². The Hall–Kier alpha value is -4.26. The van der Waals surface area contributed by atoms with Crippen molar-refractivity contribution in [3.8, 4) is 5.69 Å². The van der Waals surface area contributed by atoms with Gasteiger partial charge in [0.1, 0.15) is 11.4 Å². The summed E-state index contributed by atoms with van der Waals surface area (Å²) in [6.07, 6.45) is 4.84. The molecule has 4 rings (SSSR count). The number of nitrogens with zero attached hydrogens (tertiary/aromatic N) is 6. The number of amides is 2. The van der Waals surface area contributed by atoms with Gasteiger partial charge in [0.2, 0.25) is 5.95 Å². The Morgan fingerprint density at radius 2 is 1.94 bits per heavy atom. The molecule has 6 N–H and O–H groups in total. The molecule has 33 heavy (non-hydrogen) atoms. The van der Waals surface area contributed by atoms with Gasteiger partial charge >= 0.3 is 6.09 Å². The summed E-state index contributed by atoms with van der Waals surface area (Å²) < 4.78 is 0. The summed E-state index contributed by atoms with van der Waals surface area (Å²) in [7, 11) is 0. The third-order valence-electron chi connectivity index (χ3n) is 5.26. The molecule has 1 fully saturated rings. The Bertz CT molecular complexity index is 1140. The third kappa shape index (κ3) is 4.98. The minimum absolute atomic E-state index is 0.0164. The lowest BCUT2D eigenvalue weighted by Gasteiger charge is -2.35. The standard InChI is InChI=1S/C20H23N9O4/c21-17(31)14-11-22-19(27-28(20(32)33)15-6-1-2-7-16(15)30)26-18(14)25-12-4-3-5-13(10-12)29-23-8-9-24-29/h3-5,8-11,15-16,30H,1-2,6-7H2,(H2,21,31)(H,32,33)(H2,22,25,26,27)/t15?,16-/m0/s1. The average molecular weight is 453 g/mol. The normalized spacial score (nSPS) is 17.8. The molecule has 1 aliphatic carbocycles. The number of carbonyl (C=O) groups excluding carboxylic acids is 1. The fourth-order valence-corrected chi connectivity index (χ4v) is 3.68. The molecule has 2 aromatic heterocycles. The van der Waals surface area contributed by atoms with Crippen LogP contribution in [0.2, 0.25) is 0 Å². The van der Waals surface area contributed by atoms with Crippen LogP contribution in [0.1, 0.15) is 36.0 Å². The molecule has 0 saturated heterocycles. The highest BCUT2D eigenvalue weighted by atomic mass is 16.4. The van der Waals surface area contributed by atoms with Crippen LogP contribution in [0.15, 0.2) is 42.9 Å². The maximum absolute atomic E-state index is 11.9. The number of aliphatic hydroxyl groups excluding tert-OH is 1. The van der Waals surface area contributed by atoms with Crippen molar-refractivity contribution < 1.29 is 19.8 Å². The van der Waals surface area contributed by atoms with E-state index >= 15 is 0 Å². The van der Waals surface area contributed by atoms with Gasteiger partial charge in [-0.15, -0.1) is 0 Å². The molecule has 1 saturated carbocycles. The first kappa shape index (κ1) is 22.0. The van der Waals surface area contributed by atoms with Crippen LogP contribution >= 0.6 is 0 Å². The molecular formula is C20H23N9O4. The molecule has 1 aromatic carbocycles. The number of hydrogen-bond donors (Lipinski definition) is 5. The molecule has 0 radical (unpaired) electrons. The fourth-order valence-electron chi connectivity index (χ4n) is 3.68. The number of aliphatic hydroxyl groups is 1. The monoisotopic (exact) mass is 453 g/mol. The lowest BCUT2D eigenvalue weighted by atomic mass is 9.92. The predicted octanol–water partition coefficient (Wildman–Crippen LogP) is 1.51. The summed E-state index contributed by atoms with van der Waals surface area (Å²) in [5.74, 6) is -0.751. The van der Waals surface area contributed by atoms with Gasteiger partial charge in [-0.25, -0.2) is 14.8 Å². The van der Waals surface area contributed by atoms with Gasteiger partial charge in [-0.3, -0.25) is 10.2 Å². The number of primary amides is 1. The Kier molecular flexibility index (Phi) is 6.31. The van der Waals surface area contributed by atoms with Crippen LogP contribution in [-0.2, 0) is 0 Å². The largest absolute Gasteiger partial charge is 0.464 e. The summed E-state index contributed by atoms with van der Waals surface area (Å²) in [5, 5.41) is 32.0. The zero-order valence-corrected chi connectivity index (χ0v) is 17.5. The van der Waals surface area contributed by atoms with Gasteiger partial charge in [-0.05, 0) is 31.0 Å². The van der Waals surface area contributed by atoms with E-state index in [2.05, 4.69) is 30.9 Å². The van der Waals surface area contributed by atoms with Crippen LogP contribution in [0.5, 0.6) is 0 Å². The summed E-state index contributed by atoms with van der Waals surface area (Å²) in [6, 6.07) is 6.40. The van der Waals surface area contributed by atoms with Gasteiger partial charge in [-0.2, -0.15) is 20.0 Å². The predicted molar refractivity (Wildman–Crippen MR) is 117 cm³/mol. The maximum Gasteiger partial charge on any atom is 0.426 e. The van der Waals surface area contributed by atoms with Crippen molar-refractivity contribution in [1.29, 1.82) is 0 Å². The van der Waals surface area contributed by atoms with Crippen LogP contribution in [0.3, 0.4) is 0 Å². The molecular weight excluding hydrogens is 430 g/mol. The molecule has 2 amide bonds. The number of hydrazine groups is 1. The second kappa shape index (κ2) is 9.48. The highest BCUT2D eigenvalue weighted by molar-refractivity contribution is 5.98. The van der Waals surface area contributed by atoms with Crippen molar-refractivity contribution in [3.63, 3.8) is 0 Å². The van der Waals surface area contributed by atoms with Crippen LogP contribution in [0, 0.1) is 0 Å². The number of rotatable bonds is 7. The molecule has 13 nitrogen and oxygen atoms in total. The summed E-state index contributed by atoms with van der Waals surface area (Å²) >= 11 is 0. The topological polar surface area (TPSA) is 184 Å². The van der Waals surface area contributed by atoms with Crippen LogP contribution < -0.4 is 16.5 Å². The van der Waals surface area contributed by atoms with Gasteiger partial charge in [0.05, 0.1) is 30.2 Å².